The first-order chi connectivity index (χ1) is 12.1. The largest absolute Gasteiger partial charge is 0.355 e. The molecule has 2 N–H and O–H groups in total. The van der Waals surface area contributed by atoms with Gasteiger partial charge < -0.3 is 15.2 Å². The maximum atomic E-state index is 5.93. The smallest absolute Gasteiger partial charge is 0.191 e. The lowest BCUT2D eigenvalue weighted by molar-refractivity contribution is 0.599. The van der Waals surface area contributed by atoms with Crippen molar-refractivity contribution in [3.63, 3.8) is 0 Å². The SMILES string of the molecule is CCc1nncn1CCNC(=NCc1ccc(Cl)cc1)NC(C)CC.I. The van der Waals surface area contributed by atoms with Crippen molar-refractivity contribution in [3.05, 3.63) is 47.0 Å². The van der Waals surface area contributed by atoms with E-state index in [4.69, 9.17) is 11.6 Å². The Hall–Kier alpha value is -1.35. The molecule has 0 aliphatic rings. The van der Waals surface area contributed by atoms with Gasteiger partial charge in [-0.25, -0.2) is 4.99 Å². The zero-order valence-corrected chi connectivity index (χ0v) is 18.7. The van der Waals surface area contributed by atoms with E-state index >= 15 is 0 Å². The topological polar surface area (TPSA) is 67.1 Å². The maximum absolute atomic E-state index is 5.93. The number of aliphatic imine (C=N–C) groups is 1. The summed E-state index contributed by atoms with van der Waals surface area (Å²) < 4.78 is 2.06. The summed E-state index contributed by atoms with van der Waals surface area (Å²) in [6.07, 6.45) is 3.68. The molecule has 2 rings (SSSR count). The molecule has 0 spiro atoms. The van der Waals surface area contributed by atoms with Crippen molar-refractivity contribution >= 4 is 41.5 Å². The first-order valence-electron chi connectivity index (χ1n) is 8.78. The third-order valence-corrected chi connectivity index (χ3v) is 4.24. The van der Waals surface area contributed by atoms with Gasteiger partial charge in [0, 0.05) is 30.6 Å². The molecule has 26 heavy (non-hydrogen) atoms. The minimum atomic E-state index is 0. The Morgan fingerprint density at radius 1 is 1.27 bits per heavy atom. The predicted molar refractivity (Wildman–Crippen MR) is 118 cm³/mol. The second-order valence-electron chi connectivity index (χ2n) is 5.97. The highest BCUT2D eigenvalue weighted by atomic mass is 127. The van der Waals surface area contributed by atoms with Crippen LogP contribution in [0.25, 0.3) is 0 Å². The number of aryl methyl sites for hydroxylation is 1. The van der Waals surface area contributed by atoms with Gasteiger partial charge in [-0.1, -0.05) is 37.6 Å². The van der Waals surface area contributed by atoms with Crippen molar-refractivity contribution in [1.29, 1.82) is 0 Å². The van der Waals surface area contributed by atoms with E-state index in [9.17, 15) is 0 Å². The Kier molecular flexibility index (Phi) is 10.6. The van der Waals surface area contributed by atoms with Gasteiger partial charge in [-0.2, -0.15) is 0 Å². The molecule has 0 aliphatic carbocycles. The van der Waals surface area contributed by atoms with Crippen LogP contribution in [0.5, 0.6) is 0 Å². The number of aromatic nitrogens is 3. The highest BCUT2D eigenvalue weighted by Gasteiger charge is 2.05. The molecule has 0 saturated carbocycles. The van der Waals surface area contributed by atoms with E-state index in [1.165, 1.54) is 0 Å². The van der Waals surface area contributed by atoms with Crippen LogP contribution in [0.3, 0.4) is 0 Å². The molecule has 0 amide bonds. The highest BCUT2D eigenvalue weighted by molar-refractivity contribution is 14.0. The van der Waals surface area contributed by atoms with Gasteiger partial charge in [-0.15, -0.1) is 34.2 Å². The van der Waals surface area contributed by atoms with E-state index in [0.717, 1.165) is 48.3 Å². The van der Waals surface area contributed by atoms with Gasteiger partial charge in [0.05, 0.1) is 6.54 Å². The summed E-state index contributed by atoms with van der Waals surface area (Å²) in [6, 6.07) is 8.13. The summed E-state index contributed by atoms with van der Waals surface area (Å²) in [6.45, 7) is 8.55. The van der Waals surface area contributed by atoms with Crippen molar-refractivity contribution in [1.82, 2.24) is 25.4 Å². The van der Waals surface area contributed by atoms with Gasteiger partial charge in [0.2, 0.25) is 0 Å². The summed E-state index contributed by atoms with van der Waals surface area (Å²) in [7, 11) is 0. The molecular formula is C18H28ClIN6. The molecule has 1 aromatic carbocycles. The highest BCUT2D eigenvalue weighted by Crippen LogP contribution is 2.10. The molecule has 1 heterocycles. The van der Waals surface area contributed by atoms with Crippen molar-refractivity contribution in [2.75, 3.05) is 6.54 Å². The molecule has 8 heteroatoms. The van der Waals surface area contributed by atoms with Gasteiger partial charge in [0.25, 0.3) is 0 Å². The molecule has 1 unspecified atom stereocenters. The summed E-state index contributed by atoms with van der Waals surface area (Å²) >= 11 is 5.93. The van der Waals surface area contributed by atoms with Gasteiger partial charge >= 0.3 is 0 Å². The molecule has 0 aliphatic heterocycles. The third-order valence-electron chi connectivity index (χ3n) is 3.99. The summed E-state index contributed by atoms with van der Waals surface area (Å²) in [5.74, 6) is 1.81. The standard InChI is InChI=1S/C18H27ClN6.HI/c1-4-14(3)23-18(21-12-15-6-8-16(19)9-7-15)20-10-11-25-13-22-24-17(25)5-2;/h6-9,13-14H,4-5,10-12H2,1-3H3,(H2,20,21,23);1H. The second kappa shape index (κ2) is 12.1. The van der Waals surface area contributed by atoms with Crippen LogP contribution in [0.2, 0.25) is 5.02 Å². The lowest BCUT2D eigenvalue weighted by Gasteiger charge is -2.17. The number of guanidine groups is 1. The van der Waals surface area contributed by atoms with Crippen LogP contribution in [0.4, 0.5) is 0 Å². The van der Waals surface area contributed by atoms with Crippen LogP contribution in [0.1, 0.15) is 38.6 Å². The van der Waals surface area contributed by atoms with E-state index < -0.39 is 0 Å². The van der Waals surface area contributed by atoms with E-state index in [2.05, 4.69) is 51.2 Å². The Balaban J connectivity index is 0.00000338. The van der Waals surface area contributed by atoms with Crippen LogP contribution in [0, 0.1) is 0 Å². The number of rotatable bonds is 8. The number of nitrogens with one attached hydrogen (secondary N) is 2. The summed E-state index contributed by atoms with van der Waals surface area (Å²) in [5, 5.41) is 15.6. The first-order valence-corrected chi connectivity index (χ1v) is 9.16. The maximum Gasteiger partial charge on any atom is 0.191 e. The third kappa shape index (κ3) is 7.49. The molecule has 1 atom stereocenters. The zero-order valence-electron chi connectivity index (χ0n) is 15.6. The Morgan fingerprint density at radius 3 is 2.65 bits per heavy atom. The van der Waals surface area contributed by atoms with Gasteiger partial charge in [0.15, 0.2) is 5.96 Å². The summed E-state index contributed by atoms with van der Waals surface area (Å²) in [5.41, 5.74) is 1.13. The molecule has 0 saturated heterocycles. The minimum absolute atomic E-state index is 0. The monoisotopic (exact) mass is 490 g/mol. The van der Waals surface area contributed by atoms with Crippen LogP contribution in [-0.4, -0.2) is 33.3 Å². The average Bonchev–Trinajstić information content (AvgIpc) is 3.08. The summed E-state index contributed by atoms with van der Waals surface area (Å²) in [4.78, 5) is 4.68. The molecular weight excluding hydrogens is 463 g/mol. The lowest BCUT2D eigenvalue weighted by Crippen LogP contribution is -2.43. The number of hydrogen-bond acceptors (Lipinski definition) is 3. The van der Waals surface area contributed by atoms with Crippen molar-refractivity contribution in [3.8, 4) is 0 Å². The predicted octanol–water partition coefficient (Wildman–Crippen LogP) is 3.65. The van der Waals surface area contributed by atoms with Crippen LogP contribution in [-0.2, 0) is 19.5 Å². The van der Waals surface area contributed by atoms with Crippen LogP contribution >= 0.6 is 35.6 Å². The average molecular weight is 491 g/mol. The van der Waals surface area contributed by atoms with Crippen molar-refractivity contribution < 1.29 is 0 Å². The molecule has 0 radical (unpaired) electrons. The molecule has 144 valence electrons. The fourth-order valence-electron chi connectivity index (χ4n) is 2.28. The van der Waals surface area contributed by atoms with E-state index in [1.54, 1.807) is 6.33 Å². The molecule has 2 aromatic rings. The number of halogens is 2. The van der Waals surface area contributed by atoms with E-state index in [0.29, 0.717) is 12.6 Å². The number of nitrogens with zero attached hydrogens (tertiary/aromatic N) is 4. The molecule has 1 aromatic heterocycles. The molecule has 6 nitrogen and oxygen atoms in total. The zero-order chi connectivity index (χ0) is 18.1. The van der Waals surface area contributed by atoms with E-state index in [-0.39, 0.29) is 24.0 Å². The molecule has 0 fully saturated rings. The fraction of sp³-hybridized carbons (Fsp3) is 0.500. The quantitative estimate of drug-likeness (QED) is 0.337. The van der Waals surface area contributed by atoms with Crippen LogP contribution < -0.4 is 10.6 Å². The Labute approximate surface area is 177 Å². The Morgan fingerprint density at radius 2 is 2.00 bits per heavy atom. The van der Waals surface area contributed by atoms with E-state index in [1.807, 2.05) is 24.3 Å². The van der Waals surface area contributed by atoms with Crippen LogP contribution in [0.15, 0.2) is 35.6 Å². The minimum Gasteiger partial charge on any atom is -0.355 e. The molecule has 0 bridgehead atoms. The van der Waals surface area contributed by atoms with Crippen molar-refractivity contribution in [2.45, 2.75) is 52.7 Å². The number of benzene rings is 1. The number of hydrogen-bond donors (Lipinski definition) is 2. The van der Waals surface area contributed by atoms with Crippen molar-refractivity contribution in [2.24, 2.45) is 4.99 Å². The fourth-order valence-corrected chi connectivity index (χ4v) is 2.41. The van der Waals surface area contributed by atoms with Gasteiger partial charge in [-0.3, -0.25) is 0 Å². The van der Waals surface area contributed by atoms with Gasteiger partial charge in [-0.05, 0) is 31.0 Å². The van der Waals surface area contributed by atoms with Gasteiger partial charge in [0.1, 0.15) is 12.2 Å². The normalized spacial score (nSPS) is 12.4. The first kappa shape index (κ1) is 22.7. The second-order valence-corrected chi connectivity index (χ2v) is 6.40. The Bertz CT molecular complexity index is 671. The lowest BCUT2D eigenvalue weighted by atomic mass is 10.2.